The van der Waals surface area contributed by atoms with Crippen LogP contribution in [0.25, 0.3) is 0 Å². The summed E-state index contributed by atoms with van der Waals surface area (Å²) in [5.74, 6) is 0. The Hall–Kier alpha value is -1.02. The van der Waals surface area contributed by atoms with Crippen LogP contribution in [0.3, 0.4) is 0 Å². The molecular weight excluding hydrogens is 220 g/mol. The molecule has 0 radical (unpaired) electrons. The summed E-state index contributed by atoms with van der Waals surface area (Å²) >= 11 is 0. The summed E-state index contributed by atoms with van der Waals surface area (Å²) in [6, 6.07) is 10.1. The first kappa shape index (κ1) is 13.4. The SMILES string of the molecule is CCC1CN(C(CC)CC)c2ccccc2CN1. The Kier molecular flexibility index (Phi) is 4.65. The highest BCUT2D eigenvalue weighted by atomic mass is 15.2. The van der Waals surface area contributed by atoms with E-state index < -0.39 is 0 Å². The maximum absolute atomic E-state index is 3.68. The van der Waals surface area contributed by atoms with E-state index in [0.29, 0.717) is 12.1 Å². The molecule has 1 aliphatic rings. The third-order valence-electron chi connectivity index (χ3n) is 4.18. The van der Waals surface area contributed by atoms with Gasteiger partial charge in [0, 0.05) is 30.9 Å². The van der Waals surface area contributed by atoms with Gasteiger partial charge in [-0.2, -0.15) is 0 Å². The molecular formula is C16H26N2. The number of hydrogen-bond acceptors (Lipinski definition) is 2. The number of anilines is 1. The summed E-state index contributed by atoms with van der Waals surface area (Å²) in [7, 11) is 0. The summed E-state index contributed by atoms with van der Waals surface area (Å²) in [6.07, 6.45) is 3.65. The van der Waals surface area contributed by atoms with Gasteiger partial charge in [-0.1, -0.05) is 39.0 Å². The molecule has 1 heterocycles. The van der Waals surface area contributed by atoms with Crippen LogP contribution >= 0.6 is 0 Å². The molecule has 1 aromatic carbocycles. The highest BCUT2D eigenvalue weighted by Crippen LogP contribution is 2.27. The van der Waals surface area contributed by atoms with Crippen LogP contribution < -0.4 is 10.2 Å². The van der Waals surface area contributed by atoms with Crippen molar-refractivity contribution in [3.05, 3.63) is 29.8 Å². The lowest BCUT2D eigenvalue weighted by molar-refractivity contribution is 0.468. The molecule has 0 aromatic heterocycles. The topological polar surface area (TPSA) is 15.3 Å². The number of nitrogens with one attached hydrogen (secondary N) is 1. The van der Waals surface area contributed by atoms with E-state index in [9.17, 15) is 0 Å². The summed E-state index contributed by atoms with van der Waals surface area (Å²) in [4.78, 5) is 2.63. The second kappa shape index (κ2) is 6.24. The molecule has 1 aromatic rings. The second-order valence-electron chi connectivity index (χ2n) is 5.24. The summed E-state index contributed by atoms with van der Waals surface area (Å²) < 4.78 is 0. The minimum absolute atomic E-state index is 0.609. The zero-order chi connectivity index (χ0) is 13.0. The van der Waals surface area contributed by atoms with Crippen LogP contribution in [0.1, 0.15) is 45.6 Å². The first-order valence-corrected chi connectivity index (χ1v) is 7.38. The standard InChI is InChI=1S/C16H26N2/c1-4-14-12-18(15(5-2)6-3)16-10-8-7-9-13(16)11-17-14/h7-10,14-15,17H,4-6,11-12H2,1-3H3. The molecule has 2 nitrogen and oxygen atoms in total. The summed E-state index contributed by atoms with van der Waals surface area (Å²) in [5, 5.41) is 3.68. The van der Waals surface area contributed by atoms with E-state index in [0.717, 1.165) is 13.1 Å². The summed E-state index contributed by atoms with van der Waals surface area (Å²) in [6.45, 7) is 9.02. The fraction of sp³-hybridized carbons (Fsp3) is 0.625. The van der Waals surface area contributed by atoms with Crippen molar-refractivity contribution >= 4 is 5.69 Å². The zero-order valence-corrected chi connectivity index (χ0v) is 11.9. The van der Waals surface area contributed by atoms with Crippen LogP contribution in [-0.4, -0.2) is 18.6 Å². The minimum atomic E-state index is 0.609. The van der Waals surface area contributed by atoms with Crippen molar-refractivity contribution < 1.29 is 0 Å². The van der Waals surface area contributed by atoms with E-state index in [1.54, 1.807) is 0 Å². The molecule has 0 spiro atoms. The Morgan fingerprint density at radius 3 is 2.61 bits per heavy atom. The first-order chi connectivity index (χ1) is 8.80. The minimum Gasteiger partial charge on any atom is -0.367 e. The van der Waals surface area contributed by atoms with Gasteiger partial charge < -0.3 is 10.2 Å². The monoisotopic (exact) mass is 246 g/mol. The van der Waals surface area contributed by atoms with Crippen molar-refractivity contribution in [1.29, 1.82) is 0 Å². The predicted octanol–water partition coefficient (Wildman–Crippen LogP) is 3.56. The average molecular weight is 246 g/mol. The number of hydrogen-bond donors (Lipinski definition) is 1. The van der Waals surface area contributed by atoms with E-state index in [-0.39, 0.29) is 0 Å². The highest BCUT2D eigenvalue weighted by molar-refractivity contribution is 5.55. The van der Waals surface area contributed by atoms with Crippen molar-refractivity contribution in [2.45, 2.75) is 58.7 Å². The van der Waals surface area contributed by atoms with Gasteiger partial charge in [-0.15, -0.1) is 0 Å². The average Bonchev–Trinajstić information content (AvgIpc) is 2.60. The number of fused-ring (bicyclic) bond motifs is 1. The largest absolute Gasteiger partial charge is 0.367 e. The van der Waals surface area contributed by atoms with E-state index in [2.05, 4.69) is 55.3 Å². The number of nitrogens with zero attached hydrogens (tertiary/aromatic N) is 1. The highest BCUT2D eigenvalue weighted by Gasteiger charge is 2.24. The summed E-state index contributed by atoms with van der Waals surface area (Å²) in [5.41, 5.74) is 2.88. The third-order valence-corrected chi connectivity index (χ3v) is 4.18. The Labute approximate surface area is 111 Å². The molecule has 0 saturated heterocycles. The lowest BCUT2D eigenvalue weighted by Gasteiger charge is -2.34. The smallest absolute Gasteiger partial charge is 0.0414 e. The molecule has 1 aliphatic heterocycles. The van der Waals surface area contributed by atoms with Gasteiger partial charge in [-0.3, -0.25) is 0 Å². The Morgan fingerprint density at radius 2 is 1.94 bits per heavy atom. The van der Waals surface area contributed by atoms with Crippen molar-refractivity contribution in [2.75, 3.05) is 11.4 Å². The number of rotatable bonds is 4. The first-order valence-electron chi connectivity index (χ1n) is 7.38. The lowest BCUT2D eigenvalue weighted by atomic mass is 10.1. The third kappa shape index (κ3) is 2.69. The van der Waals surface area contributed by atoms with Gasteiger partial charge in [-0.05, 0) is 30.9 Å². The van der Waals surface area contributed by atoms with Crippen molar-refractivity contribution in [3.63, 3.8) is 0 Å². The molecule has 2 rings (SSSR count). The normalized spacial score (nSPS) is 19.8. The van der Waals surface area contributed by atoms with Gasteiger partial charge in [0.1, 0.15) is 0 Å². The fourth-order valence-electron chi connectivity index (χ4n) is 2.94. The van der Waals surface area contributed by atoms with Gasteiger partial charge in [0.15, 0.2) is 0 Å². The van der Waals surface area contributed by atoms with Crippen LogP contribution in [0.15, 0.2) is 24.3 Å². The molecule has 1 atom stereocenters. The zero-order valence-electron chi connectivity index (χ0n) is 11.9. The molecule has 18 heavy (non-hydrogen) atoms. The molecule has 100 valence electrons. The van der Waals surface area contributed by atoms with E-state index >= 15 is 0 Å². The quantitative estimate of drug-likeness (QED) is 0.874. The van der Waals surface area contributed by atoms with E-state index in [1.807, 2.05) is 0 Å². The van der Waals surface area contributed by atoms with Gasteiger partial charge in [0.05, 0.1) is 0 Å². The van der Waals surface area contributed by atoms with Crippen LogP contribution in [0.2, 0.25) is 0 Å². The molecule has 1 N–H and O–H groups in total. The van der Waals surface area contributed by atoms with Gasteiger partial charge in [0.2, 0.25) is 0 Å². The predicted molar refractivity (Wildman–Crippen MR) is 79.1 cm³/mol. The number of benzene rings is 1. The Morgan fingerprint density at radius 1 is 1.22 bits per heavy atom. The maximum atomic E-state index is 3.68. The molecule has 2 heteroatoms. The Bertz CT molecular complexity index is 371. The second-order valence-corrected chi connectivity index (χ2v) is 5.24. The van der Waals surface area contributed by atoms with E-state index in [1.165, 1.54) is 30.5 Å². The van der Waals surface area contributed by atoms with Crippen molar-refractivity contribution in [2.24, 2.45) is 0 Å². The van der Waals surface area contributed by atoms with Crippen LogP contribution in [0.4, 0.5) is 5.69 Å². The number of para-hydroxylation sites is 1. The van der Waals surface area contributed by atoms with Crippen LogP contribution in [0.5, 0.6) is 0 Å². The van der Waals surface area contributed by atoms with Crippen molar-refractivity contribution in [1.82, 2.24) is 5.32 Å². The molecule has 1 unspecified atom stereocenters. The molecule has 0 fully saturated rings. The van der Waals surface area contributed by atoms with Crippen LogP contribution in [0, 0.1) is 0 Å². The molecule has 0 saturated carbocycles. The Balaban J connectivity index is 2.33. The maximum Gasteiger partial charge on any atom is 0.0414 e. The van der Waals surface area contributed by atoms with Crippen molar-refractivity contribution in [3.8, 4) is 0 Å². The molecule has 0 aliphatic carbocycles. The lowest BCUT2D eigenvalue weighted by Crippen LogP contribution is -2.42. The molecule has 0 bridgehead atoms. The van der Waals surface area contributed by atoms with Crippen LogP contribution in [-0.2, 0) is 6.54 Å². The van der Waals surface area contributed by atoms with Gasteiger partial charge in [0.25, 0.3) is 0 Å². The fourth-order valence-corrected chi connectivity index (χ4v) is 2.94. The molecule has 0 amide bonds. The van der Waals surface area contributed by atoms with Gasteiger partial charge >= 0.3 is 0 Å². The van der Waals surface area contributed by atoms with Gasteiger partial charge in [-0.25, -0.2) is 0 Å². The van der Waals surface area contributed by atoms with E-state index in [4.69, 9.17) is 0 Å².